The zero-order valence-corrected chi connectivity index (χ0v) is 18.6. The molecule has 3 rings (SSSR count). The largest absolute Gasteiger partial charge is 0.483 e. The molecule has 0 spiro atoms. The van der Waals surface area contributed by atoms with E-state index in [1.807, 2.05) is 49.6 Å². The SMILES string of the molecule is CCc1ccc(O[C@H](C)c2nnc(SCC(=O)Nc3ncccc3C)n2CC)cc1. The summed E-state index contributed by atoms with van der Waals surface area (Å²) in [5, 5.41) is 12.1. The maximum Gasteiger partial charge on any atom is 0.236 e. The summed E-state index contributed by atoms with van der Waals surface area (Å²) in [5.41, 5.74) is 2.19. The molecule has 7 nitrogen and oxygen atoms in total. The van der Waals surface area contributed by atoms with Crippen LogP contribution >= 0.6 is 11.8 Å². The van der Waals surface area contributed by atoms with Crippen LogP contribution in [0.2, 0.25) is 0 Å². The molecule has 3 aromatic rings. The fourth-order valence-corrected chi connectivity index (χ4v) is 3.79. The van der Waals surface area contributed by atoms with Crippen LogP contribution in [0.1, 0.15) is 43.8 Å². The Morgan fingerprint density at radius 3 is 2.63 bits per heavy atom. The lowest BCUT2D eigenvalue weighted by molar-refractivity contribution is -0.113. The molecule has 158 valence electrons. The number of hydrogen-bond donors (Lipinski definition) is 1. The summed E-state index contributed by atoms with van der Waals surface area (Å²) in [5.74, 6) is 2.21. The first-order valence-electron chi connectivity index (χ1n) is 10.0. The van der Waals surface area contributed by atoms with Crippen molar-refractivity contribution in [2.45, 2.75) is 51.9 Å². The molecule has 0 aliphatic heterocycles. The van der Waals surface area contributed by atoms with Crippen molar-refractivity contribution in [1.82, 2.24) is 19.7 Å². The van der Waals surface area contributed by atoms with Crippen LogP contribution in [0.15, 0.2) is 47.8 Å². The number of nitrogens with one attached hydrogen (secondary N) is 1. The van der Waals surface area contributed by atoms with E-state index in [9.17, 15) is 4.79 Å². The summed E-state index contributed by atoms with van der Waals surface area (Å²) in [6, 6.07) is 11.8. The van der Waals surface area contributed by atoms with E-state index >= 15 is 0 Å². The van der Waals surface area contributed by atoms with E-state index in [4.69, 9.17) is 4.74 Å². The molecule has 1 atom stereocenters. The van der Waals surface area contributed by atoms with Crippen molar-refractivity contribution >= 4 is 23.5 Å². The van der Waals surface area contributed by atoms with Crippen LogP contribution in [0.25, 0.3) is 0 Å². The Kier molecular flexibility index (Phi) is 7.46. The molecule has 1 aromatic carbocycles. The molecule has 30 heavy (non-hydrogen) atoms. The van der Waals surface area contributed by atoms with Crippen molar-refractivity contribution in [2.24, 2.45) is 0 Å². The van der Waals surface area contributed by atoms with E-state index in [0.29, 0.717) is 17.5 Å². The van der Waals surface area contributed by atoms with Crippen molar-refractivity contribution in [3.05, 3.63) is 59.5 Å². The predicted molar refractivity (Wildman–Crippen MR) is 119 cm³/mol. The molecule has 0 bridgehead atoms. The molecule has 0 fully saturated rings. The van der Waals surface area contributed by atoms with Gasteiger partial charge in [0.1, 0.15) is 11.6 Å². The second-order valence-corrected chi connectivity index (χ2v) is 7.79. The quantitative estimate of drug-likeness (QED) is 0.511. The zero-order chi connectivity index (χ0) is 21.5. The van der Waals surface area contributed by atoms with Crippen LogP contribution in [0, 0.1) is 6.92 Å². The van der Waals surface area contributed by atoms with E-state index in [0.717, 1.165) is 23.6 Å². The maximum absolute atomic E-state index is 12.3. The predicted octanol–water partition coefficient (Wildman–Crippen LogP) is 4.43. The number of hydrogen-bond acceptors (Lipinski definition) is 6. The number of benzene rings is 1. The molecule has 0 aliphatic carbocycles. The highest BCUT2D eigenvalue weighted by molar-refractivity contribution is 7.99. The molecule has 1 amide bonds. The topological polar surface area (TPSA) is 81.9 Å². The fraction of sp³-hybridized carbons (Fsp3) is 0.364. The lowest BCUT2D eigenvalue weighted by atomic mass is 10.2. The van der Waals surface area contributed by atoms with Gasteiger partial charge in [-0.1, -0.05) is 36.9 Å². The number of nitrogens with zero attached hydrogens (tertiary/aromatic N) is 4. The molecule has 0 aliphatic rings. The maximum atomic E-state index is 12.3. The van der Waals surface area contributed by atoms with Crippen LogP contribution in [-0.4, -0.2) is 31.4 Å². The Balaban J connectivity index is 1.62. The number of aromatic nitrogens is 4. The van der Waals surface area contributed by atoms with Gasteiger partial charge in [-0.25, -0.2) is 4.98 Å². The third-order valence-corrected chi connectivity index (χ3v) is 5.64. The minimum atomic E-state index is -0.260. The Labute approximate surface area is 181 Å². The summed E-state index contributed by atoms with van der Waals surface area (Å²) in [4.78, 5) is 16.5. The Morgan fingerprint density at radius 1 is 1.20 bits per heavy atom. The van der Waals surface area contributed by atoms with Gasteiger partial charge in [0, 0.05) is 12.7 Å². The molecular weight excluding hydrogens is 398 g/mol. The molecular formula is C22H27N5O2S. The summed E-state index contributed by atoms with van der Waals surface area (Å²) in [6.07, 6.45) is 2.39. The highest BCUT2D eigenvalue weighted by Gasteiger charge is 2.19. The van der Waals surface area contributed by atoms with Gasteiger partial charge < -0.3 is 14.6 Å². The van der Waals surface area contributed by atoms with Crippen molar-refractivity contribution in [2.75, 3.05) is 11.1 Å². The van der Waals surface area contributed by atoms with E-state index < -0.39 is 0 Å². The monoisotopic (exact) mass is 425 g/mol. The van der Waals surface area contributed by atoms with Crippen LogP contribution in [-0.2, 0) is 17.8 Å². The Hall–Kier alpha value is -2.87. The van der Waals surface area contributed by atoms with Crippen molar-refractivity contribution in [3.8, 4) is 5.75 Å². The molecule has 0 unspecified atom stereocenters. The van der Waals surface area contributed by atoms with Gasteiger partial charge in [0.05, 0.1) is 5.75 Å². The standard InChI is InChI=1S/C22H27N5O2S/c1-5-17-9-11-18(12-10-17)29-16(4)21-25-26-22(27(21)6-2)30-14-19(28)24-20-15(3)8-7-13-23-20/h7-13,16H,5-6,14H2,1-4H3,(H,23,24,28)/t16-/m1/s1. The lowest BCUT2D eigenvalue weighted by Gasteiger charge is -2.16. The van der Waals surface area contributed by atoms with E-state index in [1.54, 1.807) is 6.20 Å². The number of thioether (sulfide) groups is 1. The van der Waals surface area contributed by atoms with Gasteiger partial charge in [-0.05, 0) is 56.5 Å². The summed E-state index contributed by atoms with van der Waals surface area (Å²) in [7, 11) is 0. The van der Waals surface area contributed by atoms with Gasteiger partial charge in [-0.3, -0.25) is 4.79 Å². The van der Waals surface area contributed by atoms with Gasteiger partial charge in [-0.2, -0.15) is 0 Å². The second-order valence-electron chi connectivity index (χ2n) is 6.85. The van der Waals surface area contributed by atoms with Crippen molar-refractivity contribution in [1.29, 1.82) is 0 Å². The van der Waals surface area contributed by atoms with E-state index in [2.05, 4.69) is 39.6 Å². The summed E-state index contributed by atoms with van der Waals surface area (Å²) in [6.45, 7) is 8.70. The number of aryl methyl sites for hydroxylation is 2. The second kappa shape index (κ2) is 10.2. The van der Waals surface area contributed by atoms with E-state index in [-0.39, 0.29) is 17.8 Å². The van der Waals surface area contributed by atoms with Crippen LogP contribution in [0.5, 0.6) is 5.75 Å². The third kappa shape index (κ3) is 5.38. The Bertz CT molecular complexity index is 987. The number of rotatable bonds is 9. The summed E-state index contributed by atoms with van der Waals surface area (Å²) < 4.78 is 8.03. The molecule has 0 radical (unpaired) electrons. The van der Waals surface area contributed by atoms with Crippen LogP contribution in [0.4, 0.5) is 5.82 Å². The molecule has 0 saturated carbocycles. The first-order chi connectivity index (χ1) is 14.5. The van der Waals surface area contributed by atoms with Gasteiger partial charge >= 0.3 is 0 Å². The van der Waals surface area contributed by atoms with E-state index in [1.165, 1.54) is 17.3 Å². The van der Waals surface area contributed by atoms with Gasteiger partial charge in [0.15, 0.2) is 17.1 Å². The molecule has 2 aromatic heterocycles. The zero-order valence-electron chi connectivity index (χ0n) is 17.8. The Morgan fingerprint density at radius 2 is 1.97 bits per heavy atom. The lowest BCUT2D eigenvalue weighted by Crippen LogP contribution is -2.16. The van der Waals surface area contributed by atoms with Crippen molar-refractivity contribution in [3.63, 3.8) is 0 Å². The summed E-state index contributed by atoms with van der Waals surface area (Å²) >= 11 is 1.35. The number of carbonyl (C=O) groups is 1. The van der Waals surface area contributed by atoms with Crippen LogP contribution < -0.4 is 10.1 Å². The fourth-order valence-electron chi connectivity index (χ4n) is 2.98. The number of pyridine rings is 1. The first kappa shape index (κ1) is 21.8. The molecule has 8 heteroatoms. The van der Waals surface area contributed by atoms with Gasteiger partial charge in [0.2, 0.25) is 5.91 Å². The first-order valence-corrected chi connectivity index (χ1v) is 11.0. The number of anilines is 1. The highest BCUT2D eigenvalue weighted by Crippen LogP contribution is 2.25. The minimum Gasteiger partial charge on any atom is -0.483 e. The molecule has 2 heterocycles. The number of carbonyl (C=O) groups excluding carboxylic acids is 1. The van der Waals surface area contributed by atoms with Gasteiger partial charge in [0.25, 0.3) is 0 Å². The average Bonchev–Trinajstić information content (AvgIpc) is 3.17. The normalized spacial score (nSPS) is 11.9. The molecule has 1 N–H and O–H groups in total. The highest BCUT2D eigenvalue weighted by atomic mass is 32.2. The minimum absolute atomic E-state index is 0.130. The van der Waals surface area contributed by atoms with Crippen molar-refractivity contribution < 1.29 is 9.53 Å². The average molecular weight is 426 g/mol. The smallest absolute Gasteiger partial charge is 0.236 e. The number of ether oxygens (including phenoxy) is 1. The van der Waals surface area contributed by atoms with Crippen LogP contribution in [0.3, 0.4) is 0 Å². The third-order valence-electron chi connectivity index (χ3n) is 4.67. The number of amides is 1. The molecule has 0 saturated heterocycles. The van der Waals surface area contributed by atoms with Gasteiger partial charge in [-0.15, -0.1) is 10.2 Å².